The maximum atomic E-state index is 9.34. The molecular formula is C15H21N3OS. The molecule has 5 heteroatoms. The molecule has 2 aromatic rings. The van der Waals surface area contributed by atoms with E-state index in [0.29, 0.717) is 12.5 Å². The molecule has 0 spiro atoms. The predicted molar refractivity (Wildman–Crippen MR) is 81.6 cm³/mol. The van der Waals surface area contributed by atoms with Crippen molar-refractivity contribution in [1.29, 1.82) is 0 Å². The molecule has 1 atom stereocenters. The lowest BCUT2D eigenvalue weighted by molar-refractivity contribution is 0.116. The smallest absolute Gasteiger partial charge is 0.107 e. The zero-order valence-electron chi connectivity index (χ0n) is 11.8. The van der Waals surface area contributed by atoms with Gasteiger partial charge in [-0.15, -0.1) is 11.3 Å². The molecule has 1 aliphatic heterocycles. The second kappa shape index (κ2) is 6.08. The van der Waals surface area contributed by atoms with Crippen molar-refractivity contribution in [1.82, 2.24) is 14.7 Å². The summed E-state index contributed by atoms with van der Waals surface area (Å²) >= 11 is 1.74. The van der Waals surface area contributed by atoms with E-state index in [1.54, 1.807) is 11.3 Å². The quantitative estimate of drug-likeness (QED) is 0.940. The Bertz CT molecular complexity index is 549. The molecule has 3 rings (SSSR count). The Labute approximate surface area is 123 Å². The summed E-state index contributed by atoms with van der Waals surface area (Å²) in [5.41, 5.74) is 2.39. The van der Waals surface area contributed by atoms with Gasteiger partial charge in [0.25, 0.3) is 0 Å². The highest BCUT2D eigenvalue weighted by Crippen LogP contribution is 2.28. The van der Waals surface area contributed by atoms with Crippen LogP contribution in [0, 0.1) is 5.92 Å². The molecule has 20 heavy (non-hydrogen) atoms. The van der Waals surface area contributed by atoms with Gasteiger partial charge in [-0.05, 0) is 36.8 Å². The third kappa shape index (κ3) is 2.95. The van der Waals surface area contributed by atoms with Gasteiger partial charge in [0.2, 0.25) is 0 Å². The Hall–Kier alpha value is -1.17. The zero-order valence-corrected chi connectivity index (χ0v) is 12.6. The fraction of sp³-hybridized carbons (Fsp3) is 0.533. The first-order valence-corrected chi connectivity index (χ1v) is 8.04. The number of aryl methyl sites for hydroxylation is 1. The van der Waals surface area contributed by atoms with E-state index < -0.39 is 0 Å². The predicted octanol–water partition coefficient (Wildman–Crippen LogP) is 2.35. The molecule has 1 fully saturated rings. The van der Waals surface area contributed by atoms with Gasteiger partial charge < -0.3 is 5.11 Å². The SMILES string of the molecule is Cn1cc(CN2CCCC(CO)C2)c(-c2cccs2)n1. The Kier molecular flexibility index (Phi) is 4.19. The zero-order chi connectivity index (χ0) is 13.9. The largest absolute Gasteiger partial charge is 0.396 e. The van der Waals surface area contributed by atoms with Gasteiger partial charge in [0.15, 0.2) is 0 Å². The molecule has 1 saturated heterocycles. The summed E-state index contributed by atoms with van der Waals surface area (Å²) in [5, 5.41) is 16.0. The third-order valence-corrected chi connectivity index (χ3v) is 4.79. The standard InChI is InChI=1S/C15H21N3OS/c1-17-9-13(15(16-17)14-5-3-7-20-14)10-18-6-2-4-12(8-18)11-19/h3,5,7,9,12,19H,2,4,6,8,10-11H2,1H3. The minimum Gasteiger partial charge on any atom is -0.396 e. The molecule has 0 radical (unpaired) electrons. The number of piperidine rings is 1. The van der Waals surface area contributed by atoms with Crippen LogP contribution >= 0.6 is 11.3 Å². The normalized spacial score (nSPS) is 20.4. The Balaban J connectivity index is 1.77. The second-order valence-corrected chi connectivity index (χ2v) is 6.53. The van der Waals surface area contributed by atoms with Crippen molar-refractivity contribution in [3.05, 3.63) is 29.3 Å². The second-order valence-electron chi connectivity index (χ2n) is 5.58. The number of nitrogens with zero attached hydrogens (tertiary/aromatic N) is 3. The first kappa shape index (κ1) is 13.8. The molecule has 1 unspecified atom stereocenters. The molecule has 4 nitrogen and oxygen atoms in total. The highest BCUT2D eigenvalue weighted by atomic mass is 32.1. The van der Waals surface area contributed by atoms with Crippen molar-refractivity contribution in [3.8, 4) is 10.6 Å². The Morgan fingerprint density at radius 2 is 2.40 bits per heavy atom. The van der Waals surface area contributed by atoms with Gasteiger partial charge in [-0.3, -0.25) is 9.58 Å². The van der Waals surface area contributed by atoms with Crippen molar-refractivity contribution in [3.63, 3.8) is 0 Å². The highest BCUT2D eigenvalue weighted by Gasteiger charge is 2.21. The van der Waals surface area contributed by atoms with Gasteiger partial charge in [-0.1, -0.05) is 6.07 Å². The molecule has 0 saturated carbocycles. The third-order valence-electron chi connectivity index (χ3n) is 3.91. The number of aliphatic hydroxyl groups is 1. The van der Waals surface area contributed by atoms with Crippen LogP contribution in [0.5, 0.6) is 0 Å². The van der Waals surface area contributed by atoms with Crippen molar-refractivity contribution >= 4 is 11.3 Å². The van der Waals surface area contributed by atoms with Crippen molar-refractivity contribution in [2.45, 2.75) is 19.4 Å². The van der Waals surface area contributed by atoms with Crippen molar-refractivity contribution < 1.29 is 5.11 Å². The molecule has 3 heterocycles. The number of rotatable bonds is 4. The minimum atomic E-state index is 0.307. The van der Waals surface area contributed by atoms with E-state index in [1.807, 2.05) is 11.7 Å². The fourth-order valence-electron chi connectivity index (χ4n) is 2.96. The van der Waals surface area contributed by atoms with Crippen LogP contribution in [0.25, 0.3) is 10.6 Å². The first-order valence-electron chi connectivity index (χ1n) is 7.16. The van der Waals surface area contributed by atoms with Crippen molar-refractivity contribution in [2.24, 2.45) is 13.0 Å². The van der Waals surface area contributed by atoms with E-state index in [9.17, 15) is 5.11 Å². The average molecular weight is 291 g/mol. The number of aromatic nitrogens is 2. The molecule has 108 valence electrons. The van der Waals surface area contributed by atoms with Gasteiger partial charge in [-0.2, -0.15) is 5.10 Å². The van der Waals surface area contributed by atoms with Crippen LogP contribution in [0.1, 0.15) is 18.4 Å². The summed E-state index contributed by atoms with van der Waals surface area (Å²) in [6, 6.07) is 4.20. The van der Waals surface area contributed by atoms with E-state index in [2.05, 4.69) is 33.7 Å². The minimum absolute atomic E-state index is 0.307. The summed E-state index contributed by atoms with van der Waals surface area (Å²) in [6.45, 7) is 3.35. The number of hydrogen-bond acceptors (Lipinski definition) is 4. The van der Waals surface area contributed by atoms with Gasteiger partial charge in [0.05, 0.1) is 4.88 Å². The Morgan fingerprint density at radius 3 is 3.15 bits per heavy atom. The first-order chi connectivity index (χ1) is 9.76. The van der Waals surface area contributed by atoms with E-state index in [-0.39, 0.29) is 0 Å². The highest BCUT2D eigenvalue weighted by molar-refractivity contribution is 7.13. The molecule has 1 aliphatic rings. The monoisotopic (exact) mass is 291 g/mol. The molecule has 1 N–H and O–H groups in total. The van der Waals surface area contributed by atoms with Crippen LogP contribution < -0.4 is 0 Å². The van der Waals surface area contributed by atoms with Crippen LogP contribution in [0.3, 0.4) is 0 Å². The van der Waals surface area contributed by atoms with Crippen LogP contribution in [0.15, 0.2) is 23.7 Å². The van der Waals surface area contributed by atoms with Gasteiger partial charge >= 0.3 is 0 Å². The average Bonchev–Trinajstić information content (AvgIpc) is 3.08. The summed E-state index contributed by atoms with van der Waals surface area (Å²) < 4.78 is 1.90. The lowest BCUT2D eigenvalue weighted by Gasteiger charge is -2.31. The number of likely N-dealkylation sites (tertiary alicyclic amines) is 1. The number of hydrogen-bond donors (Lipinski definition) is 1. The summed E-state index contributed by atoms with van der Waals surface area (Å²) in [5.74, 6) is 0.436. The lowest BCUT2D eigenvalue weighted by atomic mass is 9.98. The van der Waals surface area contributed by atoms with Gasteiger partial charge in [0.1, 0.15) is 5.69 Å². The maximum absolute atomic E-state index is 9.34. The molecule has 2 aromatic heterocycles. The topological polar surface area (TPSA) is 41.3 Å². The summed E-state index contributed by atoms with van der Waals surface area (Å²) in [6.07, 6.45) is 4.45. The molecular weight excluding hydrogens is 270 g/mol. The number of thiophene rings is 1. The van der Waals surface area contributed by atoms with Crippen LogP contribution in [-0.2, 0) is 13.6 Å². The number of aliphatic hydroxyl groups excluding tert-OH is 1. The fourth-order valence-corrected chi connectivity index (χ4v) is 3.70. The van der Waals surface area contributed by atoms with E-state index in [1.165, 1.54) is 16.9 Å². The van der Waals surface area contributed by atoms with E-state index in [4.69, 9.17) is 0 Å². The molecule has 0 aliphatic carbocycles. The molecule has 0 aromatic carbocycles. The van der Waals surface area contributed by atoms with Crippen LogP contribution in [-0.4, -0.2) is 39.5 Å². The Morgan fingerprint density at radius 1 is 1.50 bits per heavy atom. The van der Waals surface area contributed by atoms with Crippen LogP contribution in [0.2, 0.25) is 0 Å². The summed E-state index contributed by atoms with van der Waals surface area (Å²) in [7, 11) is 1.98. The lowest BCUT2D eigenvalue weighted by Crippen LogP contribution is -2.36. The van der Waals surface area contributed by atoms with E-state index >= 15 is 0 Å². The molecule has 0 amide bonds. The maximum Gasteiger partial charge on any atom is 0.107 e. The van der Waals surface area contributed by atoms with Crippen molar-refractivity contribution in [2.75, 3.05) is 19.7 Å². The summed E-state index contributed by atoms with van der Waals surface area (Å²) in [4.78, 5) is 3.68. The molecule has 0 bridgehead atoms. The van der Waals surface area contributed by atoms with Gasteiger partial charge in [0, 0.05) is 38.5 Å². The van der Waals surface area contributed by atoms with Gasteiger partial charge in [-0.25, -0.2) is 0 Å². The van der Waals surface area contributed by atoms with E-state index in [0.717, 1.165) is 31.7 Å². The van der Waals surface area contributed by atoms with Crippen LogP contribution in [0.4, 0.5) is 0 Å².